The van der Waals surface area contributed by atoms with E-state index >= 15 is 0 Å². The SMILES string of the molecule is COc1cc(Nc2nc(C3=CCN(C(=O)N4CCN(c5ccc(C)cc5)CC4)CC3)nc(N3CCOCC3)n2)cc(OC)c1OC. The molecule has 244 valence electrons. The van der Waals surface area contributed by atoms with Crippen LogP contribution in [0.1, 0.15) is 17.8 Å². The van der Waals surface area contributed by atoms with Crippen LogP contribution in [-0.2, 0) is 4.74 Å². The Labute approximate surface area is 269 Å². The molecule has 2 amide bonds. The van der Waals surface area contributed by atoms with Crippen LogP contribution in [0.2, 0.25) is 0 Å². The van der Waals surface area contributed by atoms with Crippen molar-refractivity contribution in [1.29, 1.82) is 0 Å². The topological polar surface area (TPSA) is 118 Å². The van der Waals surface area contributed by atoms with Crippen LogP contribution in [0.15, 0.2) is 42.5 Å². The van der Waals surface area contributed by atoms with Gasteiger partial charge in [0, 0.05) is 75.9 Å². The molecule has 2 fully saturated rings. The normalized spacial score (nSPS) is 17.0. The molecular weight excluding hydrogens is 588 g/mol. The van der Waals surface area contributed by atoms with Gasteiger partial charge in [-0.3, -0.25) is 0 Å². The lowest BCUT2D eigenvalue weighted by atomic mass is 10.1. The summed E-state index contributed by atoms with van der Waals surface area (Å²) in [6.45, 7) is 8.82. The second kappa shape index (κ2) is 14.1. The minimum atomic E-state index is 0.0771. The number of hydrogen-bond acceptors (Lipinski definition) is 11. The number of amides is 2. The van der Waals surface area contributed by atoms with Crippen molar-refractivity contribution in [2.45, 2.75) is 13.3 Å². The van der Waals surface area contributed by atoms with Gasteiger partial charge in [0.25, 0.3) is 0 Å². The van der Waals surface area contributed by atoms with Crippen molar-refractivity contribution >= 4 is 34.9 Å². The first-order chi connectivity index (χ1) is 22.4. The summed E-state index contributed by atoms with van der Waals surface area (Å²) in [6.07, 6.45) is 2.71. The maximum atomic E-state index is 13.5. The van der Waals surface area contributed by atoms with E-state index in [1.807, 2.05) is 21.9 Å². The second-order valence-electron chi connectivity index (χ2n) is 11.4. The van der Waals surface area contributed by atoms with Gasteiger partial charge in [-0.25, -0.2) is 4.79 Å². The fraction of sp³-hybridized carbons (Fsp3) is 0.455. The number of methoxy groups -OCH3 is 3. The van der Waals surface area contributed by atoms with E-state index < -0.39 is 0 Å². The average Bonchev–Trinajstić information content (AvgIpc) is 3.11. The summed E-state index contributed by atoms with van der Waals surface area (Å²) in [7, 11) is 4.72. The number of carbonyl (C=O) groups excluding carboxylic acids is 1. The van der Waals surface area contributed by atoms with Gasteiger partial charge in [0.05, 0.1) is 34.5 Å². The monoisotopic (exact) mass is 630 g/mol. The summed E-state index contributed by atoms with van der Waals surface area (Å²) < 4.78 is 22.1. The van der Waals surface area contributed by atoms with Crippen molar-refractivity contribution < 1.29 is 23.7 Å². The van der Waals surface area contributed by atoms with Gasteiger partial charge in [0.2, 0.25) is 17.6 Å². The Kier molecular flexibility index (Phi) is 9.57. The van der Waals surface area contributed by atoms with Crippen LogP contribution < -0.4 is 29.3 Å². The number of nitrogens with one attached hydrogen (secondary N) is 1. The molecule has 0 aliphatic carbocycles. The lowest BCUT2D eigenvalue weighted by molar-refractivity contribution is 0.122. The molecule has 0 saturated carbocycles. The minimum Gasteiger partial charge on any atom is -0.493 e. The van der Waals surface area contributed by atoms with Crippen LogP contribution in [0.5, 0.6) is 17.2 Å². The van der Waals surface area contributed by atoms with Crippen molar-refractivity contribution in [1.82, 2.24) is 24.8 Å². The first-order valence-corrected chi connectivity index (χ1v) is 15.7. The molecule has 0 unspecified atom stereocenters. The first kappa shape index (κ1) is 31.2. The summed E-state index contributed by atoms with van der Waals surface area (Å²) in [5.74, 6) is 3.10. The van der Waals surface area contributed by atoms with Crippen molar-refractivity contribution in [3.05, 3.63) is 53.9 Å². The van der Waals surface area contributed by atoms with E-state index in [0.717, 1.165) is 18.7 Å². The Bertz CT molecular complexity index is 1530. The standard InChI is InChI=1S/C33H42N8O5/c1-23-5-7-26(8-6-23)38-13-15-41(16-14-38)33(42)40-11-9-24(10-12-40)30-35-31(37-32(36-30)39-17-19-46-20-18-39)34-25-21-27(43-2)29(45-4)28(22-25)44-3/h5-9,21-22H,10-20H2,1-4H3,(H,34,35,36,37). The van der Waals surface area contributed by atoms with Crippen molar-refractivity contribution in [2.75, 3.05) is 102 Å². The molecular formula is C33H42N8O5. The number of rotatable bonds is 8. The second-order valence-corrected chi connectivity index (χ2v) is 11.4. The maximum absolute atomic E-state index is 13.5. The largest absolute Gasteiger partial charge is 0.493 e. The molecule has 3 aliphatic rings. The third-order valence-corrected chi connectivity index (χ3v) is 8.55. The van der Waals surface area contributed by atoms with E-state index in [1.54, 1.807) is 21.3 Å². The number of aryl methyl sites for hydroxylation is 1. The predicted molar refractivity (Wildman–Crippen MR) is 177 cm³/mol. The number of carbonyl (C=O) groups is 1. The van der Waals surface area contributed by atoms with Gasteiger partial charge in [-0.05, 0) is 31.1 Å². The highest BCUT2D eigenvalue weighted by atomic mass is 16.5. The molecule has 13 nitrogen and oxygen atoms in total. The van der Waals surface area contributed by atoms with Crippen LogP contribution in [0, 0.1) is 6.92 Å². The molecule has 6 rings (SSSR count). The number of morpholine rings is 1. The van der Waals surface area contributed by atoms with Gasteiger partial charge in [-0.2, -0.15) is 15.0 Å². The van der Waals surface area contributed by atoms with Crippen molar-refractivity contribution in [3.63, 3.8) is 0 Å². The zero-order valence-corrected chi connectivity index (χ0v) is 27.0. The summed E-state index contributed by atoms with van der Waals surface area (Å²) in [5.41, 5.74) is 4.11. The number of piperazine rings is 1. The number of benzene rings is 2. The minimum absolute atomic E-state index is 0.0771. The molecule has 0 radical (unpaired) electrons. The number of ether oxygens (including phenoxy) is 4. The molecule has 46 heavy (non-hydrogen) atoms. The third kappa shape index (κ3) is 6.89. The molecule has 3 aliphatic heterocycles. The molecule has 3 aromatic rings. The number of aromatic nitrogens is 3. The number of hydrogen-bond donors (Lipinski definition) is 1. The Balaban J connectivity index is 1.17. The van der Waals surface area contributed by atoms with Crippen molar-refractivity contribution in [3.8, 4) is 17.2 Å². The maximum Gasteiger partial charge on any atom is 0.320 e. The first-order valence-electron chi connectivity index (χ1n) is 15.7. The highest BCUT2D eigenvalue weighted by Crippen LogP contribution is 2.40. The lowest BCUT2D eigenvalue weighted by Crippen LogP contribution is -2.53. The zero-order valence-electron chi connectivity index (χ0n) is 27.0. The molecule has 0 spiro atoms. The van der Waals surface area contributed by atoms with Gasteiger partial charge in [0.1, 0.15) is 0 Å². The van der Waals surface area contributed by atoms with E-state index in [4.69, 9.17) is 33.9 Å². The molecule has 2 saturated heterocycles. The highest BCUT2D eigenvalue weighted by molar-refractivity contribution is 5.77. The molecule has 4 heterocycles. The average molecular weight is 631 g/mol. The Morgan fingerprint density at radius 3 is 2.11 bits per heavy atom. The Hall–Kier alpha value is -4.78. The molecule has 1 N–H and O–H groups in total. The lowest BCUT2D eigenvalue weighted by Gasteiger charge is -2.39. The van der Waals surface area contributed by atoms with Gasteiger partial charge < -0.3 is 43.9 Å². The van der Waals surface area contributed by atoms with E-state index in [-0.39, 0.29) is 6.03 Å². The third-order valence-electron chi connectivity index (χ3n) is 8.55. The number of anilines is 4. The molecule has 13 heteroatoms. The van der Waals surface area contributed by atoms with Gasteiger partial charge in [-0.1, -0.05) is 23.8 Å². The molecule has 0 atom stereocenters. The fourth-order valence-corrected chi connectivity index (χ4v) is 5.91. The predicted octanol–water partition coefficient (Wildman–Crippen LogP) is 3.82. The van der Waals surface area contributed by atoms with E-state index in [2.05, 4.69) is 52.4 Å². The summed E-state index contributed by atoms with van der Waals surface area (Å²) in [6, 6.07) is 12.3. The molecule has 1 aromatic heterocycles. The van der Waals surface area contributed by atoms with Crippen LogP contribution in [0.4, 0.5) is 28.1 Å². The Morgan fingerprint density at radius 1 is 0.804 bits per heavy atom. The fourth-order valence-electron chi connectivity index (χ4n) is 5.91. The van der Waals surface area contributed by atoms with E-state index in [1.165, 1.54) is 11.3 Å². The number of urea groups is 1. The van der Waals surface area contributed by atoms with Gasteiger partial charge in [-0.15, -0.1) is 0 Å². The summed E-state index contributed by atoms with van der Waals surface area (Å²) in [5, 5.41) is 3.31. The van der Waals surface area contributed by atoms with Crippen molar-refractivity contribution in [2.24, 2.45) is 0 Å². The van der Waals surface area contributed by atoms with Gasteiger partial charge >= 0.3 is 6.03 Å². The number of nitrogens with zero attached hydrogens (tertiary/aromatic N) is 7. The van der Waals surface area contributed by atoms with Crippen LogP contribution in [0.25, 0.3) is 5.57 Å². The van der Waals surface area contributed by atoms with E-state index in [9.17, 15) is 4.79 Å². The molecule has 2 aromatic carbocycles. The van der Waals surface area contributed by atoms with Gasteiger partial charge in [0.15, 0.2) is 17.3 Å². The quantitative estimate of drug-likeness (QED) is 0.392. The Morgan fingerprint density at radius 2 is 1.50 bits per heavy atom. The van der Waals surface area contributed by atoms with Crippen LogP contribution >= 0.6 is 0 Å². The van der Waals surface area contributed by atoms with E-state index in [0.29, 0.717) is 99.6 Å². The molecule has 0 bridgehead atoms. The summed E-state index contributed by atoms with van der Waals surface area (Å²) >= 11 is 0. The zero-order chi connectivity index (χ0) is 32.0. The smallest absolute Gasteiger partial charge is 0.320 e. The van der Waals surface area contributed by atoms with Crippen LogP contribution in [-0.4, -0.2) is 118 Å². The summed E-state index contributed by atoms with van der Waals surface area (Å²) in [4.78, 5) is 36.2. The van der Waals surface area contributed by atoms with Crippen LogP contribution in [0.3, 0.4) is 0 Å². The highest BCUT2D eigenvalue weighted by Gasteiger charge is 2.28.